The van der Waals surface area contributed by atoms with Gasteiger partial charge in [0, 0.05) is 25.1 Å². The van der Waals surface area contributed by atoms with Crippen LogP contribution in [0.15, 0.2) is 12.1 Å². The molecule has 0 bridgehead atoms. The number of nitrogens with zero attached hydrogens (tertiary/aromatic N) is 1. The van der Waals surface area contributed by atoms with Crippen LogP contribution in [-0.2, 0) is 9.53 Å². The van der Waals surface area contributed by atoms with Crippen molar-refractivity contribution in [2.24, 2.45) is 0 Å². The molecule has 132 valence electrons. The van der Waals surface area contributed by atoms with E-state index >= 15 is 0 Å². The van der Waals surface area contributed by atoms with Gasteiger partial charge in [-0.15, -0.1) is 0 Å². The number of aliphatic hydroxyl groups excluding tert-OH is 2. The number of methoxy groups -OCH3 is 1. The Balaban J connectivity index is 3.10. The highest BCUT2D eigenvalue weighted by atomic mass is 19.1. The van der Waals surface area contributed by atoms with Gasteiger partial charge >= 0.3 is 5.97 Å². The highest BCUT2D eigenvalue weighted by Gasteiger charge is 2.29. The Morgan fingerprint density at radius 1 is 1.42 bits per heavy atom. The van der Waals surface area contributed by atoms with E-state index < -0.39 is 45.7 Å². The molecule has 0 aromatic heterocycles. The van der Waals surface area contributed by atoms with Gasteiger partial charge in [-0.1, -0.05) is 0 Å². The van der Waals surface area contributed by atoms with Crippen molar-refractivity contribution in [2.45, 2.75) is 25.6 Å². The van der Waals surface area contributed by atoms with E-state index in [4.69, 9.17) is 0 Å². The zero-order valence-corrected chi connectivity index (χ0v) is 13.0. The molecule has 0 aliphatic heterocycles. The average molecular weight is 344 g/mol. The van der Waals surface area contributed by atoms with Crippen molar-refractivity contribution < 1.29 is 33.9 Å². The molecule has 10 heteroatoms. The van der Waals surface area contributed by atoms with Gasteiger partial charge in [-0.2, -0.15) is 0 Å². The van der Waals surface area contributed by atoms with Crippen molar-refractivity contribution in [1.82, 2.24) is 5.32 Å². The number of hydrogen-bond acceptors (Lipinski definition) is 7. The Morgan fingerprint density at radius 2 is 2.04 bits per heavy atom. The highest BCUT2D eigenvalue weighted by molar-refractivity contribution is 5.94. The summed E-state index contributed by atoms with van der Waals surface area (Å²) >= 11 is 0. The van der Waals surface area contributed by atoms with Gasteiger partial charge in [0.2, 0.25) is 5.91 Å². The van der Waals surface area contributed by atoms with Crippen molar-refractivity contribution in [3.05, 3.63) is 39.2 Å². The lowest BCUT2D eigenvalue weighted by atomic mass is 9.98. The summed E-state index contributed by atoms with van der Waals surface area (Å²) < 4.78 is 18.4. The van der Waals surface area contributed by atoms with E-state index in [9.17, 15) is 34.3 Å². The maximum Gasteiger partial charge on any atom is 0.344 e. The number of carbonyl (C=O) groups is 2. The monoisotopic (exact) mass is 344 g/mol. The first-order chi connectivity index (χ1) is 11.2. The van der Waals surface area contributed by atoms with Gasteiger partial charge in [0.1, 0.15) is 17.5 Å². The Labute approximate surface area is 136 Å². The zero-order chi connectivity index (χ0) is 18.4. The van der Waals surface area contributed by atoms with Crippen LogP contribution in [0.4, 0.5) is 10.1 Å². The predicted octanol–water partition coefficient (Wildman–Crippen LogP) is 0.441. The second-order valence-electron chi connectivity index (χ2n) is 4.92. The van der Waals surface area contributed by atoms with Gasteiger partial charge in [0.05, 0.1) is 18.1 Å². The number of hydrogen-bond donors (Lipinski definition) is 3. The molecule has 2 unspecified atom stereocenters. The van der Waals surface area contributed by atoms with Crippen molar-refractivity contribution in [1.29, 1.82) is 0 Å². The first-order valence-corrected chi connectivity index (χ1v) is 6.85. The fraction of sp³-hybridized carbons (Fsp3) is 0.429. The van der Waals surface area contributed by atoms with Gasteiger partial charge in [0.25, 0.3) is 5.69 Å². The smallest absolute Gasteiger partial charge is 0.344 e. The van der Waals surface area contributed by atoms with Crippen molar-refractivity contribution in [2.75, 3.05) is 13.7 Å². The molecule has 0 aliphatic carbocycles. The minimum absolute atomic E-state index is 0.0253. The van der Waals surface area contributed by atoms with Crippen LogP contribution >= 0.6 is 0 Å². The van der Waals surface area contributed by atoms with Crippen LogP contribution in [0.3, 0.4) is 0 Å². The molecule has 1 aromatic rings. The predicted molar refractivity (Wildman–Crippen MR) is 78.7 cm³/mol. The lowest BCUT2D eigenvalue weighted by molar-refractivity contribution is -0.385. The van der Waals surface area contributed by atoms with E-state index in [0.29, 0.717) is 12.1 Å². The maximum atomic E-state index is 14.1. The summed E-state index contributed by atoms with van der Waals surface area (Å²) in [4.78, 5) is 32.3. The van der Waals surface area contributed by atoms with Crippen molar-refractivity contribution in [3.8, 4) is 0 Å². The molecule has 0 saturated carbocycles. The van der Waals surface area contributed by atoms with E-state index in [2.05, 4.69) is 10.1 Å². The van der Waals surface area contributed by atoms with Crippen LogP contribution in [0.2, 0.25) is 0 Å². The lowest BCUT2D eigenvalue weighted by Gasteiger charge is -2.19. The van der Waals surface area contributed by atoms with Crippen LogP contribution in [0.1, 0.15) is 35.4 Å². The molecule has 24 heavy (non-hydrogen) atoms. The third-order valence-corrected chi connectivity index (χ3v) is 3.21. The van der Waals surface area contributed by atoms with Gasteiger partial charge in [-0.25, -0.2) is 9.18 Å². The lowest BCUT2D eigenvalue weighted by Crippen LogP contribution is -2.28. The zero-order valence-electron chi connectivity index (χ0n) is 13.0. The number of nitro benzene ring substituents is 1. The number of benzene rings is 1. The minimum Gasteiger partial charge on any atom is -0.465 e. The second-order valence-corrected chi connectivity index (χ2v) is 4.92. The molecule has 2 atom stereocenters. The van der Waals surface area contributed by atoms with Gasteiger partial charge < -0.3 is 20.3 Å². The molecule has 0 fully saturated rings. The van der Waals surface area contributed by atoms with Crippen molar-refractivity contribution in [3.63, 3.8) is 0 Å². The number of halogens is 1. The standard InChI is InChI=1S/C14H17FN2O7/c1-7(18)16-4-3-12(19)13(20)8-6-11(17(22)23)9(5-10(8)15)14(21)24-2/h5-6,12-13,19-20H,3-4H2,1-2H3,(H,16,18). The summed E-state index contributed by atoms with van der Waals surface area (Å²) in [5.74, 6) is -2.55. The molecular formula is C14H17FN2O7. The molecule has 1 rings (SSSR count). The van der Waals surface area contributed by atoms with Crippen LogP contribution < -0.4 is 5.32 Å². The topological polar surface area (TPSA) is 139 Å². The van der Waals surface area contributed by atoms with E-state index in [0.717, 1.165) is 7.11 Å². The second kappa shape index (κ2) is 8.31. The van der Waals surface area contributed by atoms with Gasteiger partial charge in [-0.3, -0.25) is 14.9 Å². The number of aliphatic hydroxyl groups is 2. The van der Waals surface area contributed by atoms with Crippen LogP contribution in [-0.4, -0.2) is 46.8 Å². The number of carbonyl (C=O) groups excluding carboxylic acids is 2. The molecule has 0 saturated heterocycles. The molecule has 1 aromatic carbocycles. The van der Waals surface area contributed by atoms with E-state index in [-0.39, 0.29) is 18.9 Å². The van der Waals surface area contributed by atoms with Crippen LogP contribution in [0, 0.1) is 15.9 Å². The molecule has 0 aliphatic rings. The highest BCUT2D eigenvalue weighted by Crippen LogP contribution is 2.29. The molecule has 3 N–H and O–H groups in total. The molecule has 9 nitrogen and oxygen atoms in total. The fourth-order valence-electron chi connectivity index (χ4n) is 1.99. The normalized spacial score (nSPS) is 13.0. The van der Waals surface area contributed by atoms with Crippen molar-refractivity contribution >= 4 is 17.6 Å². The third kappa shape index (κ3) is 4.70. The minimum atomic E-state index is -1.77. The maximum absolute atomic E-state index is 14.1. The van der Waals surface area contributed by atoms with E-state index in [1.807, 2.05) is 0 Å². The molecular weight excluding hydrogens is 327 g/mol. The quantitative estimate of drug-likeness (QED) is 0.370. The van der Waals surface area contributed by atoms with Crippen LogP contribution in [0.25, 0.3) is 0 Å². The Kier molecular flexibility index (Phi) is 6.74. The number of nitrogens with one attached hydrogen (secondary N) is 1. The summed E-state index contributed by atoms with van der Waals surface area (Å²) in [6.45, 7) is 1.29. The van der Waals surface area contributed by atoms with E-state index in [1.165, 1.54) is 6.92 Å². The van der Waals surface area contributed by atoms with E-state index in [1.54, 1.807) is 0 Å². The molecule has 0 radical (unpaired) electrons. The summed E-state index contributed by atoms with van der Waals surface area (Å²) in [5, 5.41) is 33.2. The summed E-state index contributed by atoms with van der Waals surface area (Å²) in [6, 6.07) is 1.25. The van der Waals surface area contributed by atoms with Crippen LogP contribution in [0.5, 0.6) is 0 Å². The van der Waals surface area contributed by atoms with Gasteiger partial charge in [0.15, 0.2) is 0 Å². The molecule has 0 heterocycles. The average Bonchev–Trinajstić information content (AvgIpc) is 2.52. The SMILES string of the molecule is COC(=O)c1cc(F)c(C(O)C(O)CCNC(C)=O)cc1[N+](=O)[O-]. The Bertz CT molecular complexity index is 650. The number of amides is 1. The number of rotatable bonds is 7. The Morgan fingerprint density at radius 3 is 2.54 bits per heavy atom. The number of esters is 1. The van der Waals surface area contributed by atoms with Gasteiger partial charge in [-0.05, 0) is 12.5 Å². The summed E-state index contributed by atoms with van der Waals surface area (Å²) in [7, 11) is 0.985. The molecule has 0 spiro atoms. The summed E-state index contributed by atoms with van der Waals surface area (Å²) in [5.41, 5.74) is -1.90. The largest absolute Gasteiger partial charge is 0.465 e. The third-order valence-electron chi connectivity index (χ3n) is 3.21. The number of nitro groups is 1. The fourth-order valence-corrected chi connectivity index (χ4v) is 1.99. The Hall–Kier alpha value is -2.59. The summed E-state index contributed by atoms with van der Waals surface area (Å²) in [6.07, 6.45) is -3.36. The molecule has 1 amide bonds. The first-order valence-electron chi connectivity index (χ1n) is 6.85. The first kappa shape index (κ1) is 19.5. The number of ether oxygens (including phenoxy) is 1.